The number of rotatable bonds is 2. The van der Waals surface area contributed by atoms with E-state index in [1.807, 2.05) is 18.2 Å². The topological polar surface area (TPSA) is 76.2 Å². The van der Waals surface area contributed by atoms with E-state index in [0.717, 1.165) is 0 Å². The highest BCUT2D eigenvalue weighted by molar-refractivity contribution is 9.10. The molecule has 100 valence electrons. The molecule has 0 aliphatic heterocycles. The summed E-state index contributed by atoms with van der Waals surface area (Å²) in [6.45, 7) is 1.69. The van der Waals surface area contributed by atoms with Crippen LogP contribution in [-0.2, 0) is 0 Å². The third-order valence-electron chi connectivity index (χ3n) is 3.00. The molecule has 0 aliphatic carbocycles. The first kappa shape index (κ1) is 12.8. The number of aromatic nitrogens is 2. The molecular formula is C14H9BrN2O3. The third-order valence-corrected chi connectivity index (χ3v) is 3.80. The van der Waals surface area contributed by atoms with Gasteiger partial charge in [-0.15, -0.1) is 0 Å². The minimum Gasteiger partial charge on any atom is -0.478 e. The molecule has 0 fully saturated rings. The number of carboxylic acids is 1. The normalized spacial score (nSPS) is 10.9. The molecule has 3 rings (SSSR count). The Morgan fingerprint density at radius 1 is 1.35 bits per heavy atom. The predicted octanol–water partition coefficient (Wildman–Crippen LogP) is 3.66. The SMILES string of the molecule is Cc1c(Br)ncc(-c2nc3ccccc3o2)c1C(=O)O. The number of aromatic carboxylic acids is 1. The van der Waals surface area contributed by atoms with E-state index < -0.39 is 5.97 Å². The molecule has 0 radical (unpaired) electrons. The number of fused-ring (bicyclic) bond motifs is 1. The number of halogens is 1. The van der Waals surface area contributed by atoms with E-state index in [1.165, 1.54) is 6.20 Å². The van der Waals surface area contributed by atoms with Crippen LogP contribution in [0, 0.1) is 6.92 Å². The Morgan fingerprint density at radius 2 is 2.10 bits per heavy atom. The first-order valence-electron chi connectivity index (χ1n) is 5.82. The average molecular weight is 333 g/mol. The first-order valence-corrected chi connectivity index (χ1v) is 6.61. The largest absolute Gasteiger partial charge is 0.478 e. The molecule has 1 aromatic carbocycles. The van der Waals surface area contributed by atoms with Crippen molar-refractivity contribution in [2.45, 2.75) is 6.92 Å². The lowest BCUT2D eigenvalue weighted by Crippen LogP contribution is -2.04. The maximum Gasteiger partial charge on any atom is 0.336 e. The van der Waals surface area contributed by atoms with Crippen LogP contribution >= 0.6 is 15.9 Å². The molecule has 0 atom stereocenters. The van der Waals surface area contributed by atoms with E-state index in [0.29, 0.717) is 26.8 Å². The molecule has 2 aromatic heterocycles. The van der Waals surface area contributed by atoms with E-state index in [2.05, 4.69) is 25.9 Å². The van der Waals surface area contributed by atoms with Crippen molar-refractivity contribution in [3.05, 3.63) is 46.2 Å². The van der Waals surface area contributed by atoms with Gasteiger partial charge in [-0.05, 0) is 40.5 Å². The van der Waals surface area contributed by atoms with Crippen LogP contribution in [0.3, 0.4) is 0 Å². The Hall–Kier alpha value is -2.21. The maximum absolute atomic E-state index is 11.5. The van der Waals surface area contributed by atoms with Gasteiger partial charge in [-0.1, -0.05) is 12.1 Å². The van der Waals surface area contributed by atoms with Crippen molar-refractivity contribution in [2.75, 3.05) is 0 Å². The van der Waals surface area contributed by atoms with Crippen molar-refractivity contribution in [1.29, 1.82) is 0 Å². The van der Waals surface area contributed by atoms with E-state index in [-0.39, 0.29) is 11.5 Å². The third kappa shape index (κ3) is 1.98. The first-order chi connectivity index (χ1) is 9.58. The second-order valence-electron chi connectivity index (χ2n) is 4.25. The summed E-state index contributed by atoms with van der Waals surface area (Å²) in [5, 5.41) is 9.39. The van der Waals surface area contributed by atoms with Gasteiger partial charge < -0.3 is 9.52 Å². The van der Waals surface area contributed by atoms with Crippen LogP contribution in [0.1, 0.15) is 15.9 Å². The quantitative estimate of drug-likeness (QED) is 0.724. The fraction of sp³-hybridized carbons (Fsp3) is 0.0714. The van der Waals surface area contributed by atoms with Gasteiger partial charge in [0.1, 0.15) is 10.1 Å². The number of para-hydroxylation sites is 2. The molecule has 0 amide bonds. The van der Waals surface area contributed by atoms with Gasteiger partial charge in [-0.2, -0.15) is 0 Å². The summed E-state index contributed by atoms with van der Waals surface area (Å²) in [4.78, 5) is 19.9. The van der Waals surface area contributed by atoms with Gasteiger partial charge in [-0.25, -0.2) is 14.8 Å². The summed E-state index contributed by atoms with van der Waals surface area (Å²) in [5.41, 5.74) is 2.34. The standard InChI is InChI=1S/C14H9BrN2O3/c1-7-11(14(18)19)8(6-16-12(7)15)13-17-9-4-2-3-5-10(9)20-13/h2-6H,1H3,(H,18,19). The smallest absolute Gasteiger partial charge is 0.336 e. The summed E-state index contributed by atoms with van der Waals surface area (Å²) in [7, 11) is 0. The highest BCUT2D eigenvalue weighted by Crippen LogP contribution is 2.30. The lowest BCUT2D eigenvalue weighted by Gasteiger charge is -2.06. The van der Waals surface area contributed by atoms with Crippen LogP contribution in [0.15, 0.2) is 39.5 Å². The van der Waals surface area contributed by atoms with Gasteiger partial charge in [0.2, 0.25) is 5.89 Å². The zero-order valence-electron chi connectivity index (χ0n) is 10.4. The van der Waals surface area contributed by atoms with E-state index in [4.69, 9.17) is 4.42 Å². The molecule has 0 bridgehead atoms. The number of carboxylic acid groups (broad SMARTS) is 1. The van der Waals surface area contributed by atoms with Crippen molar-refractivity contribution in [1.82, 2.24) is 9.97 Å². The number of nitrogens with zero attached hydrogens (tertiary/aromatic N) is 2. The molecule has 1 N–H and O–H groups in total. The van der Waals surface area contributed by atoms with Crippen LogP contribution in [0.25, 0.3) is 22.6 Å². The minimum absolute atomic E-state index is 0.137. The van der Waals surface area contributed by atoms with Gasteiger partial charge >= 0.3 is 5.97 Å². The van der Waals surface area contributed by atoms with Crippen LogP contribution in [-0.4, -0.2) is 21.0 Å². The Bertz CT molecular complexity index is 793. The summed E-state index contributed by atoms with van der Waals surface area (Å²) in [6.07, 6.45) is 1.45. The minimum atomic E-state index is -1.04. The van der Waals surface area contributed by atoms with E-state index in [1.54, 1.807) is 13.0 Å². The number of pyridine rings is 1. The molecular weight excluding hydrogens is 324 g/mol. The molecule has 0 spiro atoms. The van der Waals surface area contributed by atoms with Gasteiger partial charge in [0, 0.05) is 6.20 Å². The Balaban J connectivity index is 2.28. The molecule has 2 heterocycles. The molecule has 0 saturated carbocycles. The van der Waals surface area contributed by atoms with Crippen LogP contribution < -0.4 is 0 Å². The highest BCUT2D eigenvalue weighted by atomic mass is 79.9. The molecule has 0 aliphatic rings. The van der Waals surface area contributed by atoms with Gasteiger partial charge in [-0.3, -0.25) is 0 Å². The van der Waals surface area contributed by atoms with Gasteiger partial charge in [0.25, 0.3) is 0 Å². The second-order valence-corrected chi connectivity index (χ2v) is 5.01. The van der Waals surface area contributed by atoms with Crippen molar-refractivity contribution in [3.63, 3.8) is 0 Å². The Labute approximate surface area is 122 Å². The van der Waals surface area contributed by atoms with E-state index in [9.17, 15) is 9.90 Å². The van der Waals surface area contributed by atoms with Crippen molar-refractivity contribution < 1.29 is 14.3 Å². The number of hydrogen-bond acceptors (Lipinski definition) is 4. The predicted molar refractivity (Wildman–Crippen MR) is 76.6 cm³/mol. The Kier molecular flexibility index (Phi) is 3.02. The molecule has 0 saturated heterocycles. The monoisotopic (exact) mass is 332 g/mol. The molecule has 0 unspecified atom stereocenters. The number of oxazole rings is 1. The lowest BCUT2D eigenvalue weighted by molar-refractivity contribution is 0.0696. The summed E-state index contributed by atoms with van der Waals surface area (Å²) in [6, 6.07) is 7.27. The lowest BCUT2D eigenvalue weighted by atomic mass is 10.1. The zero-order valence-corrected chi connectivity index (χ0v) is 12.0. The van der Waals surface area contributed by atoms with Crippen LogP contribution in [0.2, 0.25) is 0 Å². The van der Waals surface area contributed by atoms with Crippen molar-refractivity contribution >= 4 is 33.0 Å². The fourth-order valence-corrected chi connectivity index (χ4v) is 2.31. The molecule has 20 heavy (non-hydrogen) atoms. The highest BCUT2D eigenvalue weighted by Gasteiger charge is 2.21. The molecule has 5 nitrogen and oxygen atoms in total. The number of benzene rings is 1. The van der Waals surface area contributed by atoms with Gasteiger partial charge in [0.15, 0.2) is 5.58 Å². The number of carbonyl (C=O) groups is 1. The zero-order chi connectivity index (χ0) is 14.3. The van der Waals surface area contributed by atoms with Crippen LogP contribution in [0.5, 0.6) is 0 Å². The fourth-order valence-electron chi connectivity index (χ4n) is 2.01. The van der Waals surface area contributed by atoms with Crippen molar-refractivity contribution in [3.8, 4) is 11.5 Å². The van der Waals surface area contributed by atoms with Crippen LogP contribution in [0.4, 0.5) is 0 Å². The molecule has 3 aromatic rings. The summed E-state index contributed by atoms with van der Waals surface area (Å²) >= 11 is 3.23. The summed E-state index contributed by atoms with van der Waals surface area (Å²) < 4.78 is 6.11. The van der Waals surface area contributed by atoms with E-state index >= 15 is 0 Å². The average Bonchev–Trinajstić information content (AvgIpc) is 2.84. The number of hydrogen-bond donors (Lipinski definition) is 1. The Morgan fingerprint density at radius 3 is 2.80 bits per heavy atom. The van der Waals surface area contributed by atoms with Gasteiger partial charge in [0.05, 0.1) is 11.1 Å². The second kappa shape index (κ2) is 4.72. The maximum atomic E-state index is 11.5. The molecule has 6 heteroatoms. The van der Waals surface area contributed by atoms with Crippen molar-refractivity contribution in [2.24, 2.45) is 0 Å². The summed E-state index contributed by atoms with van der Waals surface area (Å²) in [5.74, 6) is -0.783.